The molecule has 4 N–H and O–H groups in total. The van der Waals surface area contributed by atoms with Gasteiger partial charge in [-0.15, -0.1) is 0 Å². The van der Waals surface area contributed by atoms with Gasteiger partial charge in [0.25, 0.3) is 5.91 Å². The molecule has 5 nitrogen and oxygen atoms in total. The molecule has 1 aromatic heterocycles. The van der Waals surface area contributed by atoms with E-state index in [0.717, 1.165) is 36.6 Å². The van der Waals surface area contributed by atoms with Gasteiger partial charge in [0.15, 0.2) is 0 Å². The highest BCUT2D eigenvalue weighted by molar-refractivity contribution is 6.04. The van der Waals surface area contributed by atoms with E-state index < -0.39 is 5.91 Å². The lowest BCUT2D eigenvalue weighted by molar-refractivity contribution is 0.100. The van der Waals surface area contributed by atoms with Gasteiger partial charge in [0.05, 0.1) is 16.6 Å². The summed E-state index contributed by atoms with van der Waals surface area (Å²) in [6.45, 7) is 1.07. The van der Waals surface area contributed by atoms with Crippen molar-refractivity contribution in [1.29, 1.82) is 0 Å². The zero-order chi connectivity index (χ0) is 13.7. The molecule has 2 fully saturated rings. The number of aromatic nitrogens is 2. The average Bonchev–Trinajstić information content (AvgIpc) is 3.00. The second-order valence-corrected chi connectivity index (χ2v) is 6.08. The van der Waals surface area contributed by atoms with E-state index in [0.29, 0.717) is 11.1 Å². The molecule has 0 spiro atoms. The SMILES string of the molecule is NC(=O)c1cccc2[nH]c([C@]34CCC[C@H](CN3)C4)nc12. The second kappa shape index (κ2) is 4.06. The Bertz CT molecular complexity index is 688. The van der Waals surface area contributed by atoms with Crippen molar-refractivity contribution in [2.75, 3.05) is 6.54 Å². The molecule has 1 aliphatic heterocycles. The number of nitrogens with zero attached hydrogens (tertiary/aromatic N) is 1. The Morgan fingerprint density at radius 1 is 1.45 bits per heavy atom. The lowest BCUT2D eigenvalue weighted by atomic mass is 9.80. The summed E-state index contributed by atoms with van der Waals surface area (Å²) >= 11 is 0. The van der Waals surface area contributed by atoms with Crippen LogP contribution in [0, 0.1) is 5.92 Å². The first-order valence-corrected chi connectivity index (χ1v) is 7.22. The topological polar surface area (TPSA) is 83.8 Å². The van der Waals surface area contributed by atoms with Gasteiger partial charge in [0.1, 0.15) is 11.3 Å². The van der Waals surface area contributed by atoms with Gasteiger partial charge >= 0.3 is 0 Å². The van der Waals surface area contributed by atoms with E-state index in [9.17, 15) is 4.79 Å². The minimum absolute atomic E-state index is 0.0309. The van der Waals surface area contributed by atoms with Gasteiger partial charge in [0.2, 0.25) is 0 Å². The van der Waals surface area contributed by atoms with Gasteiger partial charge in [-0.25, -0.2) is 4.98 Å². The predicted octanol–water partition coefficient (Wildman–Crippen LogP) is 1.65. The van der Waals surface area contributed by atoms with Crippen molar-refractivity contribution in [1.82, 2.24) is 15.3 Å². The summed E-state index contributed by atoms with van der Waals surface area (Å²) in [6, 6.07) is 5.52. The summed E-state index contributed by atoms with van der Waals surface area (Å²) in [4.78, 5) is 19.6. The minimum Gasteiger partial charge on any atom is -0.366 e. The van der Waals surface area contributed by atoms with Crippen LogP contribution in [0.15, 0.2) is 18.2 Å². The Hall–Kier alpha value is -1.88. The first-order chi connectivity index (χ1) is 9.68. The molecule has 1 saturated carbocycles. The summed E-state index contributed by atoms with van der Waals surface area (Å²) in [5, 5.41) is 3.65. The number of rotatable bonds is 2. The number of imidazole rings is 1. The fraction of sp³-hybridized carbons (Fsp3) is 0.467. The number of hydrogen-bond acceptors (Lipinski definition) is 3. The molecule has 2 aliphatic rings. The van der Waals surface area contributed by atoms with Crippen molar-refractivity contribution >= 4 is 16.9 Å². The van der Waals surface area contributed by atoms with E-state index >= 15 is 0 Å². The summed E-state index contributed by atoms with van der Waals surface area (Å²) in [6.07, 6.45) is 4.78. The zero-order valence-corrected chi connectivity index (χ0v) is 11.3. The number of carbonyl (C=O) groups is 1. The van der Waals surface area contributed by atoms with E-state index in [2.05, 4.69) is 10.3 Å². The van der Waals surface area contributed by atoms with Crippen molar-refractivity contribution in [3.63, 3.8) is 0 Å². The van der Waals surface area contributed by atoms with E-state index in [4.69, 9.17) is 10.7 Å². The zero-order valence-electron chi connectivity index (χ0n) is 11.3. The fourth-order valence-electron chi connectivity index (χ4n) is 3.82. The summed E-state index contributed by atoms with van der Waals surface area (Å²) in [7, 11) is 0. The summed E-state index contributed by atoms with van der Waals surface area (Å²) in [5.74, 6) is 1.29. The maximum absolute atomic E-state index is 11.5. The fourth-order valence-corrected chi connectivity index (χ4v) is 3.82. The molecule has 0 unspecified atom stereocenters. The Balaban J connectivity index is 1.85. The molecule has 1 aromatic carbocycles. The number of fused-ring (bicyclic) bond motifs is 3. The van der Waals surface area contributed by atoms with Gasteiger partial charge in [-0.2, -0.15) is 0 Å². The monoisotopic (exact) mass is 270 g/mol. The number of primary amides is 1. The summed E-state index contributed by atoms with van der Waals surface area (Å²) in [5.41, 5.74) is 7.48. The molecule has 2 aromatic rings. The molecule has 4 rings (SSSR count). The molecule has 1 aliphatic carbocycles. The van der Waals surface area contributed by atoms with Crippen molar-refractivity contribution in [2.24, 2.45) is 11.7 Å². The number of H-pyrrole nitrogens is 1. The van der Waals surface area contributed by atoms with Gasteiger partial charge in [0, 0.05) is 0 Å². The Kier molecular flexibility index (Phi) is 2.41. The summed E-state index contributed by atoms with van der Waals surface area (Å²) < 4.78 is 0. The highest BCUT2D eigenvalue weighted by Gasteiger charge is 2.45. The second-order valence-electron chi connectivity index (χ2n) is 6.08. The third-order valence-electron chi connectivity index (χ3n) is 4.81. The third-order valence-corrected chi connectivity index (χ3v) is 4.81. The van der Waals surface area contributed by atoms with Crippen LogP contribution < -0.4 is 11.1 Å². The molecule has 0 radical (unpaired) electrons. The number of aromatic amines is 1. The number of para-hydroxylation sites is 1. The van der Waals surface area contributed by atoms with E-state index in [1.807, 2.05) is 12.1 Å². The van der Waals surface area contributed by atoms with Gasteiger partial charge < -0.3 is 16.0 Å². The molecule has 2 bridgehead atoms. The van der Waals surface area contributed by atoms with Crippen LogP contribution in [-0.4, -0.2) is 22.4 Å². The predicted molar refractivity (Wildman–Crippen MR) is 76.3 cm³/mol. The van der Waals surface area contributed by atoms with Gasteiger partial charge in [-0.05, 0) is 43.9 Å². The molecule has 104 valence electrons. The number of benzene rings is 1. The van der Waals surface area contributed by atoms with E-state index in [1.54, 1.807) is 6.07 Å². The van der Waals surface area contributed by atoms with Crippen LogP contribution in [0.25, 0.3) is 11.0 Å². The maximum Gasteiger partial charge on any atom is 0.250 e. The molecular weight excluding hydrogens is 252 g/mol. The highest BCUT2D eigenvalue weighted by Crippen LogP contribution is 2.43. The molecule has 2 heterocycles. The molecular formula is C15H18N4O. The number of nitrogens with two attached hydrogens (primary N) is 1. The van der Waals surface area contributed by atoms with Crippen molar-refractivity contribution in [3.05, 3.63) is 29.6 Å². The average molecular weight is 270 g/mol. The first-order valence-electron chi connectivity index (χ1n) is 7.22. The Labute approximate surface area is 117 Å². The number of nitrogens with one attached hydrogen (secondary N) is 2. The molecule has 1 amide bonds. The van der Waals surface area contributed by atoms with Crippen LogP contribution in [0.4, 0.5) is 0 Å². The van der Waals surface area contributed by atoms with Crippen LogP contribution in [0.2, 0.25) is 0 Å². The molecule has 5 heteroatoms. The molecule has 1 saturated heterocycles. The third kappa shape index (κ3) is 1.59. The van der Waals surface area contributed by atoms with Crippen LogP contribution in [0.1, 0.15) is 41.9 Å². The minimum atomic E-state index is -0.424. The smallest absolute Gasteiger partial charge is 0.250 e. The Morgan fingerprint density at radius 2 is 2.35 bits per heavy atom. The normalized spacial score (nSPS) is 28.9. The highest BCUT2D eigenvalue weighted by atomic mass is 16.1. The van der Waals surface area contributed by atoms with Crippen LogP contribution in [-0.2, 0) is 5.54 Å². The number of carbonyl (C=O) groups excluding carboxylic acids is 1. The molecule has 20 heavy (non-hydrogen) atoms. The number of hydrogen-bond donors (Lipinski definition) is 3. The van der Waals surface area contributed by atoms with Crippen LogP contribution in [0.5, 0.6) is 0 Å². The van der Waals surface area contributed by atoms with Crippen LogP contribution in [0.3, 0.4) is 0 Å². The largest absolute Gasteiger partial charge is 0.366 e. The molecule has 2 atom stereocenters. The standard InChI is InChI=1S/C15H18N4O/c16-13(20)10-4-1-5-11-12(10)19-14(18-11)15-6-2-3-9(7-15)8-17-15/h1,4-5,9,17H,2-3,6-8H2,(H2,16,20)(H,18,19)/t9-,15+/m0/s1. The van der Waals surface area contributed by atoms with Crippen LogP contribution >= 0.6 is 0 Å². The quantitative estimate of drug-likeness (QED) is 0.776. The van der Waals surface area contributed by atoms with E-state index in [-0.39, 0.29) is 5.54 Å². The van der Waals surface area contributed by atoms with E-state index in [1.165, 1.54) is 12.8 Å². The van der Waals surface area contributed by atoms with Crippen molar-refractivity contribution < 1.29 is 4.79 Å². The first kappa shape index (κ1) is 11.9. The lowest BCUT2D eigenvalue weighted by Gasteiger charge is -2.30. The Morgan fingerprint density at radius 3 is 3.20 bits per heavy atom. The number of amides is 1. The van der Waals surface area contributed by atoms with Gasteiger partial charge in [-0.1, -0.05) is 12.5 Å². The van der Waals surface area contributed by atoms with Gasteiger partial charge in [-0.3, -0.25) is 4.79 Å². The lowest BCUT2D eigenvalue weighted by Crippen LogP contribution is -2.38. The maximum atomic E-state index is 11.5. The van der Waals surface area contributed by atoms with Crippen molar-refractivity contribution in [2.45, 2.75) is 31.2 Å². The van der Waals surface area contributed by atoms with Crippen molar-refractivity contribution in [3.8, 4) is 0 Å².